The molecule has 4 N–H and O–H groups in total. The van der Waals surface area contributed by atoms with Crippen molar-refractivity contribution in [3.63, 3.8) is 0 Å². The van der Waals surface area contributed by atoms with Gasteiger partial charge in [0, 0.05) is 50.5 Å². The maximum atomic E-state index is 13.6. The van der Waals surface area contributed by atoms with E-state index in [0.29, 0.717) is 35.1 Å². The van der Waals surface area contributed by atoms with Gasteiger partial charge in [0.25, 0.3) is 0 Å². The predicted molar refractivity (Wildman–Crippen MR) is 208 cm³/mol. The maximum absolute atomic E-state index is 13.6. The summed E-state index contributed by atoms with van der Waals surface area (Å²) in [6.45, 7) is 10.4. The predicted octanol–water partition coefficient (Wildman–Crippen LogP) is 4.92. The van der Waals surface area contributed by atoms with Crippen LogP contribution in [0.2, 0.25) is 5.02 Å². The van der Waals surface area contributed by atoms with E-state index in [1.165, 1.54) is 20.1 Å². The van der Waals surface area contributed by atoms with E-state index >= 15 is 0 Å². The molecule has 0 aliphatic carbocycles. The van der Waals surface area contributed by atoms with E-state index in [-0.39, 0.29) is 42.2 Å². The van der Waals surface area contributed by atoms with Crippen molar-refractivity contribution >= 4 is 58.2 Å². The number of carbonyl (C=O) groups is 5. The standard InChI is InChI=1S/C39H53ClN4O8S/c1-25(2)21-34(37(49)53-20-19-42-27(4)45)52-38(50)39(5,6)24-43-36(48)31(23-29-13-14-33(51-7)30(40)22-29)44-35(47)10-8-9-32(46)26(3)11-12-28-15-17-41-18-16-28/h8,10-18,22,25-26,31-32,34,46H,9,19-21,23-24H2,1-7H3,(H,42,45)(H,43,48)(H,44,47)/b10-8+,12-11+. The van der Waals surface area contributed by atoms with Crippen LogP contribution in [-0.2, 0) is 35.1 Å². The first-order valence-electron chi connectivity index (χ1n) is 17.5. The van der Waals surface area contributed by atoms with Crippen LogP contribution in [0, 0.1) is 17.3 Å². The highest BCUT2D eigenvalue weighted by atomic mass is 35.5. The van der Waals surface area contributed by atoms with E-state index in [0.717, 1.165) is 17.3 Å². The van der Waals surface area contributed by atoms with E-state index in [1.807, 2.05) is 45.1 Å². The largest absolute Gasteiger partial charge is 0.495 e. The first-order chi connectivity index (χ1) is 25.0. The molecule has 1 heterocycles. The Hall–Kier alpha value is -4.20. The minimum atomic E-state index is -1.23. The highest BCUT2D eigenvalue weighted by molar-refractivity contribution is 8.13. The fourth-order valence-corrected chi connectivity index (χ4v) is 5.80. The number of thioether (sulfide) groups is 1. The topological polar surface area (TPSA) is 173 Å². The summed E-state index contributed by atoms with van der Waals surface area (Å²) in [5.74, 6) is -1.35. The molecule has 3 amide bonds. The SMILES string of the molecule is COc1ccc(CC(NC(=O)/C=C/CC(O)C(C)/C=C/c2ccncc2)C(=O)NCC(C)(C)C(=O)OC(CC(C)C)C(=O)SCCNC(C)=O)cc1Cl. The minimum Gasteiger partial charge on any atom is -0.495 e. The summed E-state index contributed by atoms with van der Waals surface area (Å²) < 4.78 is 10.9. The number of amides is 3. The number of benzene rings is 1. The number of rotatable bonds is 21. The van der Waals surface area contributed by atoms with Crippen LogP contribution in [0.3, 0.4) is 0 Å². The smallest absolute Gasteiger partial charge is 0.314 e. The van der Waals surface area contributed by atoms with Gasteiger partial charge in [-0.05, 0) is 74.1 Å². The molecule has 2 aromatic rings. The Morgan fingerprint density at radius 2 is 1.75 bits per heavy atom. The first-order valence-corrected chi connectivity index (χ1v) is 18.8. The van der Waals surface area contributed by atoms with Crippen LogP contribution in [0.25, 0.3) is 6.08 Å². The number of aliphatic hydroxyl groups excluding tert-OH is 1. The third kappa shape index (κ3) is 17.0. The fourth-order valence-electron chi connectivity index (χ4n) is 4.78. The Morgan fingerprint density at radius 3 is 2.38 bits per heavy atom. The van der Waals surface area contributed by atoms with Crippen LogP contribution in [0.1, 0.15) is 65.5 Å². The second-order valence-corrected chi connectivity index (χ2v) is 15.2. The van der Waals surface area contributed by atoms with Crippen LogP contribution in [0.5, 0.6) is 5.75 Å². The zero-order valence-electron chi connectivity index (χ0n) is 31.5. The maximum Gasteiger partial charge on any atom is 0.314 e. The van der Waals surface area contributed by atoms with Crippen molar-refractivity contribution in [1.29, 1.82) is 0 Å². The number of ether oxygens (including phenoxy) is 2. The van der Waals surface area contributed by atoms with E-state index in [9.17, 15) is 29.1 Å². The summed E-state index contributed by atoms with van der Waals surface area (Å²) in [7, 11) is 1.49. The van der Waals surface area contributed by atoms with Gasteiger partial charge in [0.1, 0.15) is 11.8 Å². The lowest BCUT2D eigenvalue weighted by Gasteiger charge is -2.27. The van der Waals surface area contributed by atoms with Crippen molar-refractivity contribution in [2.24, 2.45) is 17.3 Å². The van der Waals surface area contributed by atoms with Crippen molar-refractivity contribution in [3.8, 4) is 5.75 Å². The summed E-state index contributed by atoms with van der Waals surface area (Å²) in [4.78, 5) is 68.0. The zero-order chi connectivity index (χ0) is 39.6. The molecule has 0 saturated carbocycles. The molecular weight excluding hydrogens is 720 g/mol. The number of carbonyl (C=O) groups excluding carboxylic acids is 5. The molecule has 0 aliphatic rings. The number of methoxy groups -OCH3 is 1. The summed E-state index contributed by atoms with van der Waals surface area (Å²) in [6.07, 6.45) is 8.77. The quantitative estimate of drug-likeness (QED) is 0.0775. The van der Waals surface area contributed by atoms with Crippen molar-refractivity contribution in [2.75, 3.05) is 26.0 Å². The monoisotopic (exact) mass is 772 g/mol. The van der Waals surface area contributed by atoms with Gasteiger partial charge in [-0.25, -0.2) is 0 Å². The molecule has 1 aromatic carbocycles. The lowest BCUT2D eigenvalue weighted by atomic mass is 9.93. The minimum absolute atomic E-state index is 0.0569. The normalized spacial score (nSPS) is 14.0. The van der Waals surface area contributed by atoms with Crippen LogP contribution in [0.15, 0.2) is 61.0 Å². The molecular formula is C39H53ClN4O8S. The lowest BCUT2D eigenvalue weighted by molar-refractivity contribution is -0.162. The van der Waals surface area contributed by atoms with Crippen LogP contribution in [-0.4, -0.2) is 83.1 Å². The molecule has 2 rings (SSSR count). The van der Waals surface area contributed by atoms with Gasteiger partial charge >= 0.3 is 5.97 Å². The Bertz CT molecular complexity index is 1580. The van der Waals surface area contributed by atoms with Crippen molar-refractivity contribution < 1.29 is 38.6 Å². The molecule has 290 valence electrons. The molecule has 12 nitrogen and oxygen atoms in total. The second-order valence-electron chi connectivity index (χ2n) is 13.7. The van der Waals surface area contributed by atoms with Gasteiger partial charge in [-0.15, -0.1) is 0 Å². The zero-order valence-corrected chi connectivity index (χ0v) is 33.1. The molecule has 0 aliphatic heterocycles. The van der Waals surface area contributed by atoms with Crippen LogP contribution in [0.4, 0.5) is 0 Å². The molecule has 0 fully saturated rings. The first kappa shape index (κ1) is 45.0. The van der Waals surface area contributed by atoms with Gasteiger partial charge < -0.3 is 30.5 Å². The summed E-state index contributed by atoms with van der Waals surface area (Å²) in [5, 5.41) is 18.7. The van der Waals surface area contributed by atoms with E-state index in [4.69, 9.17) is 21.1 Å². The summed E-state index contributed by atoms with van der Waals surface area (Å²) in [5.41, 5.74) is 0.366. The number of hydrogen-bond donors (Lipinski definition) is 4. The molecule has 0 bridgehead atoms. The number of halogens is 1. The average molecular weight is 773 g/mol. The van der Waals surface area contributed by atoms with Gasteiger partial charge in [0.05, 0.1) is 23.7 Å². The average Bonchev–Trinajstić information content (AvgIpc) is 3.10. The fraction of sp³-hybridized carbons (Fsp3) is 0.487. The van der Waals surface area contributed by atoms with E-state index in [2.05, 4.69) is 20.9 Å². The Kier molecular flexibility index (Phi) is 19.3. The van der Waals surface area contributed by atoms with Crippen molar-refractivity contribution in [1.82, 2.24) is 20.9 Å². The lowest BCUT2D eigenvalue weighted by Crippen LogP contribution is -2.51. The number of pyridine rings is 1. The summed E-state index contributed by atoms with van der Waals surface area (Å²) in [6, 6.07) is 7.67. The van der Waals surface area contributed by atoms with Crippen LogP contribution >= 0.6 is 23.4 Å². The van der Waals surface area contributed by atoms with E-state index in [1.54, 1.807) is 50.5 Å². The van der Waals surface area contributed by atoms with Crippen LogP contribution < -0.4 is 20.7 Å². The highest BCUT2D eigenvalue weighted by Crippen LogP contribution is 2.26. The second kappa shape index (κ2) is 22.8. The number of hydrogen-bond acceptors (Lipinski definition) is 10. The Labute approximate surface area is 321 Å². The number of nitrogens with zero attached hydrogens (tertiary/aromatic N) is 1. The molecule has 14 heteroatoms. The number of aliphatic hydroxyl groups is 1. The molecule has 0 saturated heterocycles. The summed E-state index contributed by atoms with van der Waals surface area (Å²) >= 11 is 7.31. The highest BCUT2D eigenvalue weighted by Gasteiger charge is 2.35. The molecule has 4 unspecified atom stereocenters. The van der Waals surface area contributed by atoms with Gasteiger partial charge in [-0.2, -0.15) is 0 Å². The molecule has 1 aromatic heterocycles. The van der Waals surface area contributed by atoms with Crippen molar-refractivity contribution in [2.45, 2.75) is 79.1 Å². The number of nitrogens with one attached hydrogen (secondary N) is 3. The van der Waals surface area contributed by atoms with Gasteiger partial charge in [-0.1, -0.05) is 68.4 Å². The molecule has 4 atom stereocenters. The molecule has 0 spiro atoms. The van der Waals surface area contributed by atoms with Gasteiger partial charge in [-0.3, -0.25) is 29.0 Å². The Balaban J connectivity index is 2.11. The van der Waals surface area contributed by atoms with E-state index < -0.39 is 41.4 Å². The third-order valence-electron chi connectivity index (χ3n) is 8.02. The Morgan fingerprint density at radius 1 is 1.06 bits per heavy atom. The van der Waals surface area contributed by atoms with Gasteiger partial charge in [0.15, 0.2) is 6.10 Å². The molecule has 53 heavy (non-hydrogen) atoms. The number of aromatic nitrogens is 1. The van der Waals surface area contributed by atoms with Gasteiger partial charge in [0.2, 0.25) is 22.8 Å². The molecule has 0 radical (unpaired) electrons. The third-order valence-corrected chi connectivity index (χ3v) is 9.27. The number of esters is 1. The van der Waals surface area contributed by atoms with Crippen molar-refractivity contribution in [3.05, 3.63) is 77.1 Å².